The number of anilines is 1. The molecule has 0 radical (unpaired) electrons. The lowest BCUT2D eigenvalue weighted by Gasteiger charge is -2.35. The molecule has 1 unspecified atom stereocenters. The fraction of sp³-hybridized carbons (Fsp3) is 0.552. The van der Waals surface area contributed by atoms with Crippen molar-refractivity contribution >= 4 is 17.7 Å². The first-order valence-corrected chi connectivity index (χ1v) is 12.5. The molecule has 0 fully saturated rings. The minimum atomic E-state index is -0.164. The van der Waals surface area contributed by atoms with Crippen molar-refractivity contribution in [2.45, 2.75) is 78.3 Å². The summed E-state index contributed by atoms with van der Waals surface area (Å²) in [6.07, 6.45) is 12.2. The average Bonchev–Trinajstić information content (AvgIpc) is 2.72. The molecule has 1 aliphatic heterocycles. The van der Waals surface area contributed by atoms with E-state index in [9.17, 15) is 4.79 Å². The molecule has 178 valence electrons. The van der Waals surface area contributed by atoms with Gasteiger partial charge in [-0.25, -0.2) is 0 Å². The fourth-order valence-corrected chi connectivity index (χ4v) is 5.62. The van der Waals surface area contributed by atoms with Crippen LogP contribution in [0.3, 0.4) is 0 Å². The number of hydrogen-bond donors (Lipinski definition) is 1. The highest BCUT2D eigenvalue weighted by Gasteiger charge is 2.27. The number of fused-ring (bicyclic) bond motifs is 3. The molecule has 1 atom stereocenters. The largest absolute Gasteiger partial charge is 0.374 e. The Bertz CT molecular complexity index is 1040. The number of likely N-dealkylation sites (N-methyl/N-ethyl adjacent to an activating group) is 1. The van der Waals surface area contributed by atoms with Crippen LogP contribution >= 0.6 is 0 Å². The van der Waals surface area contributed by atoms with Crippen molar-refractivity contribution in [3.05, 3.63) is 57.2 Å². The van der Waals surface area contributed by atoms with Gasteiger partial charge >= 0.3 is 0 Å². The van der Waals surface area contributed by atoms with Gasteiger partial charge in [-0.3, -0.25) is 9.69 Å². The summed E-state index contributed by atoms with van der Waals surface area (Å²) in [4.78, 5) is 17.0. The highest BCUT2D eigenvalue weighted by molar-refractivity contribution is 5.78. The number of amides is 1. The fourth-order valence-electron chi connectivity index (χ4n) is 5.62. The van der Waals surface area contributed by atoms with Crippen LogP contribution in [0.1, 0.15) is 69.2 Å². The zero-order chi connectivity index (χ0) is 23.9. The van der Waals surface area contributed by atoms with Crippen molar-refractivity contribution in [1.29, 1.82) is 0 Å². The number of nitrogens with zero attached hydrogens (tertiary/aromatic N) is 2. The van der Waals surface area contributed by atoms with E-state index in [2.05, 4.69) is 67.4 Å². The second-order valence-electron chi connectivity index (χ2n) is 11.3. The maximum absolute atomic E-state index is 12.2. The van der Waals surface area contributed by atoms with Crippen LogP contribution in [-0.2, 0) is 17.6 Å². The first-order valence-electron chi connectivity index (χ1n) is 12.5. The molecule has 4 nitrogen and oxygen atoms in total. The Morgan fingerprint density at radius 3 is 2.73 bits per heavy atom. The van der Waals surface area contributed by atoms with Gasteiger partial charge in [-0.05, 0) is 119 Å². The molecule has 1 aromatic rings. The van der Waals surface area contributed by atoms with Crippen LogP contribution in [0.2, 0.25) is 0 Å². The van der Waals surface area contributed by atoms with Gasteiger partial charge in [0.25, 0.3) is 0 Å². The molecule has 0 spiro atoms. The normalized spacial score (nSPS) is 19.8. The lowest BCUT2D eigenvalue weighted by atomic mass is 9.78. The van der Waals surface area contributed by atoms with E-state index in [4.69, 9.17) is 0 Å². The van der Waals surface area contributed by atoms with Crippen LogP contribution in [0.5, 0.6) is 0 Å². The standard InChI is InChI=1S/C29H41N3O/c1-19-14-21-16-25-20(2)24-10-8-12-32(7)27(24)18-23(25)15-22(21)17-26(19)31(6)13-9-11-28(33)30-29(3,4)5/h14,16-18,26H,8-13,15H2,1-7H3,(H,30,33). The zero-order valence-corrected chi connectivity index (χ0v) is 21.6. The third-order valence-corrected chi connectivity index (χ3v) is 7.32. The molecule has 3 aliphatic rings. The van der Waals surface area contributed by atoms with Crippen molar-refractivity contribution in [2.75, 3.05) is 32.1 Å². The summed E-state index contributed by atoms with van der Waals surface area (Å²) in [6, 6.07) is 2.74. The molecule has 1 heterocycles. The van der Waals surface area contributed by atoms with Gasteiger partial charge in [-0.15, -0.1) is 0 Å². The van der Waals surface area contributed by atoms with Crippen molar-refractivity contribution in [3.63, 3.8) is 0 Å². The predicted octanol–water partition coefficient (Wildman–Crippen LogP) is 5.20. The van der Waals surface area contributed by atoms with Gasteiger partial charge in [0, 0.05) is 37.3 Å². The number of rotatable bonds is 5. The number of allylic oxidation sites excluding steroid dienone is 3. The van der Waals surface area contributed by atoms with E-state index in [1.165, 1.54) is 57.5 Å². The van der Waals surface area contributed by atoms with Crippen LogP contribution < -0.4 is 10.2 Å². The van der Waals surface area contributed by atoms with E-state index in [-0.39, 0.29) is 11.4 Å². The molecular formula is C29H41N3O. The van der Waals surface area contributed by atoms with Gasteiger partial charge in [-0.2, -0.15) is 0 Å². The summed E-state index contributed by atoms with van der Waals surface area (Å²) < 4.78 is 0. The monoisotopic (exact) mass is 447 g/mol. The Labute approximate surface area is 200 Å². The topological polar surface area (TPSA) is 35.6 Å². The number of hydrogen-bond acceptors (Lipinski definition) is 3. The maximum atomic E-state index is 12.2. The van der Waals surface area contributed by atoms with E-state index in [0.717, 1.165) is 25.9 Å². The highest BCUT2D eigenvalue weighted by Crippen LogP contribution is 2.40. The van der Waals surface area contributed by atoms with Gasteiger partial charge in [0.2, 0.25) is 5.91 Å². The first-order chi connectivity index (χ1) is 15.5. The third-order valence-electron chi connectivity index (χ3n) is 7.32. The smallest absolute Gasteiger partial charge is 0.220 e. The molecule has 2 aliphatic carbocycles. The summed E-state index contributed by atoms with van der Waals surface area (Å²) in [5.74, 6) is 0.142. The van der Waals surface area contributed by atoms with E-state index in [1.54, 1.807) is 0 Å². The van der Waals surface area contributed by atoms with E-state index < -0.39 is 0 Å². The molecule has 4 rings (SSSR count). The molecule has 1 amide bonds. The second-order valence-corrected chi connectivity index (χ2v) is 11.3. The van der Waals surface area contributed by atoms with Crippen LogP contribution in [-0.4, -0.2) is 49.6 Å². The number of carbonyl (C=O) groups is 1. The predicted molar refractivity (Wildman–Crippen MR) is 140 cm³/mol. The molecule has 33 heavy (non-hydrogen) atoms. The van der Waals surface area contributed by atoms with E-state index in [0.29, 0.717) is 12.5 Å². The van der Waals surface area contributed by atoms with Gasteiger partial charge in [-0.1, -0.05) is 17.7 Å². The van der Waals surface area contributed by atoms with Gasteiger partial charge in [0.05, 0.1) is 0 Å². The second kappa shape index (κ2) is 9.13. The van der Waals surface area contributed by atoms with Crippen molar-refractivity contribution < 1.29 is 4.79 Å². The molecule has 4 heteroatoms. The van der Waals surface area contributed by atoms with Crippen molar-refractivity contribution in [2.24, 2.45) is 0 Å². The average molecular weight is 448 g/mol. The van der Waals surface area contributed by atoms with Crippen LogP contribution in [0.25, 0.3) is 6.08 Å². The molecule has 1 aromatic carbocycles. The Balaban J connectivity index is 1.49. The zero-order valence-electron chi connectivity index (χ0n) is 21.6. The van der Waals surface area contributed by atoms with Crippen LogP contribution in [0.15, 0.2) is 34.9 Å². The van der Waals surface area contributed by atoms with E-state index in [1.807, 2.05) is 20.8 Å². The summed E-state index contributed by atoms with van der Waals surface area (Å²) in [7, 11) is 4.41. The van der Waals surface area contributed by atoms with Crippen LogP contribution in [0.4, 0.5) is 5.69 Å². The molecule has 0 saturated heterocycles. The van der Waals surface area contributed by atoms with Gasteiger partial charge < -0.3 is 10.2 Å². The SMILES string of the molecule is CC1=CC2=Cc3c(cc4c(c3C)CCCN4C)CC2=CC1N(C)CCCC(=O)NC(C)(C)C. The summed E-state index contributed by atoms with van der Waals surface area (Å²) >= 11 is 0. The Hall–Kier alpha value is -2.33. The Kier molecular flexibility index (Phi) is 6.59. The molecule has 0 aromatic heterocycles. The third kappa shape index (κ3) is 5.11. The number of nitrogens with one attached hydrogen (secondary N) is 1. The minimum absolute atomic E-state index is 0.142. The highest BCUT2D eigenvalue weighted by atomic mass is 16.1. The van der Waals surface area contributed by atoms with Crippen molar-refractivity contribution in [1.82, 2.24) is 10.2 Å². The molecule has 1 N–H and O–H groups in total. The van der Waals surface area contributed by atoms with Gasteiger partial charge in [0.15, 0.2) is 0 Å². The van der Waals surface area contributed by atoms with Gasteiger partial charge in [0.1, 0.15) is 0 Å². The quantitative estimate of drug-likeness (QED) is 0.674. The Morgan fingerprint density at radius 2 is 2.00 bits per heavy atom. The molecule has 0 bridgehead atoms. The summed E-state index contributed by atoms with van der Waals surface area (Å²) in [5, 5.41) is 3.07. The minimum Gasteiger partial charge on any atom is -0.374 e. The lowest BCUT2D eigenvalue weighted by Crippen LogP contribution is -2.41. The molecule has 0 saturated carbocycles. The number of benzene rings is 1. The first kappa shape index (κ1) is 23.8. The maximum Gasteiger partial charge on any atom is 0.220 e. The number of carbonyl (C=O) groups excluding carboxylic acids is 1. The molecular weight excluding hydrogens is 406 g/mol. The lowest BCUT2D eigenvalue weighted by molar-refractivity contribution is -0.122. The Morgan fingerprint density at radius 1 is 1.24 bits per heavy atom. The van der Waals surface area contributed by atoms with E-state index >= 15 is 0 Å². The summed E-state index contributed by atoms with van der Waals surface area (Å²) in [6.45, 7) is 12.7. The van der Waals surface area contributed by atoms with Crippen LogP contribution in [0, 0.1) is 6.92 Å². The van der Waals surface area contributed by atoms with Crippen molar-refractivity contribution in [3.8, 4) is 0 Å². The summed E-state index contributed by atoms with van der Waals surface area (Å²) in [5.41, 5.74) is 11.4.